The molecule has 2 aromatic rings. The average molecular weight is 454 g/mol. The first-order chi connectivity index (χ1) is 15.9. The second kappa shape index (κ2) is 9.40. The van der Waals surface area contributed by atoms with Crippen molar-refractivity contribution >= 4 is 29.2 Å². The Bertz CT molecular complexity index is 1090. The summed E-state index contributed by atoms with van der Waals surface area (Å²) < 4.78 is 21.4. The molecule has 2 aliphatic rings. The third-order valence-electron chi connectivity index (χ3n) is 5.97. The van der Waals surface area contributed by atoms with Gasteiger partial charge in [0.2, 0.25) is 11.8 Å². The molecule has 174 valence electrons. The Labute approximate surface area is 191 Å². The SMILES string of the molecule is COc1cc(NC(=O)CC2OC(=O)c3c2ccc(OC)c3OC)ccc1NC(=O)C1CCC1. The van der Waals surface area contributed by atoms with Crippen LogP contribution in [-0.2, 0) is 14.3 Å². The number of esters is 1. The normalized spacial score (nSPS) is 16.8. The molecule has 33 heavy (non-hydrogen) atoms. The molecule has 2 aromatic carbocycles. The molecule has 9 nitrogen and oxygen atoms in total. The minimum absolute atomic E-state index is 0.0230. The zero-order valence-electron chi connectivity index (χ0n) is 18.7. The summed E-state index contributed by atoms with van der Waals surface area (Å²) >= 11 is 0. The third-order valence-corrected chi connectivity index (χ3v) is 5.97. The van der Waals surface area contributed by atoms with Gasteiger partial charge in [0.05, 0.1) is 33.4 Å². The van der Waals surface area contributed by atoms with Crippen LogP contribution < -0.4 is 24.8 Å². The Morgan fingerprint density at radius 2 is 1.76 bits per heavy atom. The molecule has 2 N–H and O–H groups in total. The van der Waals surface area contributed by atoms with E-state index in [1.807, 2.05) is 0 Å². The molecular formula is C24H26N2O7. The van der Waals surface area contributed by atoms with Crippen molar-refractivity contribution in [2.45, 2.75) is 31.8 Å². The third kappa shape index (κ3) is 4.44. The molecule has 1 aliphatic carbocycles. The van der Waals surface area contributed by atoms with Crippen LogP contribution in [0.5, 0.6) is 17.2 Å². The number of carbonyl (C=O) groups is 3. The number of carbonyl (C=O) groups excluding carboxylic acids is 3. The Hall–Kier alpha value is -3.75. The van der Waals surface area contributed by atoms with Gasteiger partial charge in [-0.2, -0.15) is 0 Å². The average Bonchev–Trinajstić information content (AvgIpc) is 3.07. The lowest BCUT2D eigenvalue weighted by atomic mass is 9.85. The smallest absolute Gasteiger partial charge is 0.343 e. The van der Waals surface area contributed by atoms with Gasteiger partial charge in [0, 0.05) is 23.2 Å². The van der Waals surface area contributed by atoms with Gasteiger partial charge in [0.25, 0.3) is 0 Å². The van der Waals surface area contributed by atoms with Gasteiger partial charge in [-0.15, -0.1) is 0 Å². The zero-order valence-corrected chi connectivity index (χ0v) is 18.7. The first-order valence-corrected chi connectivity index (χ1v) is 10.7. The van der Waals surface area contributed by atoms with Crippen molar-refractivity contribution in [3.05, 3.63) is 41.5 Å². The predicted molar refractivity (Wildman–Crippen MR) is 120 cm³/mol. The molecule has 1 aliphatic heterocycles. The van der Waals surface area contributed by atoms with Gasteiger partial charge in [-0.05, 0) is 31.0 Å². The number of fused-ring (bicyclic) bond motifs is 1. The van der Waals surface area contributed by atoms with Gasteiger partial charge in [-0.3, -0.25) is 9.59 Å². The van der Waals surface area contributed by atoms with Crippen LogP contribution >= 0.6 is 0 Å². The van der Waals surface area contributed by atoms with Gasteiger partial charge in [0.15, 0.2) is 11.5 Å². The van der Waals surface area contributed by atoms with Crippen LogP contribution in [0.4, 0.5) is 11.4 Å². The fourth-order valence-electron chi connectivity index (χ4n) is 3.98. The van der Waals surface area contributed by atoms with E-state index in [1.54, 1.807) is 30.3 Å². The molecule has 1 fully saturated rings. The van der Waals surface area contributed by atoms with Gasteiger partial charge in [-0.25, -0.2) is 4.79 Å². The molecule has 1 heterocycles. The molecule has 9 heteroatoms. The number of cyclic esters (lactones) is 1. The highest BCUT2D eigenvalue weighted by Gasteiger charge is 2.37. The number of amides is 2. The molecule has 0 bridgehead atoms. The van der Waals surface area contributed by atoms with E-state index in [9.17, 15) is 14.4 Å². The van der Waals surface area contributed by atoms with Crippen LogP contribution in [0.15, 0.2) is 30.3 Å². The Morgan fingerprint density at radius 1 is 1.00 bits per heavy atom. The van der Waals surface area contributed by atoms with E-state index >= 15 is 0 Å². The standard InChI is InChI=1S/C24H26N2O7/c1-30-17-10-8-15-18(33-24(29)21(15)22(17)32-3)12-20(27)25-14-7-9-16(19(11-14)31-2)26-23(28)13-5-4-6-13/h7-11,13,18H,4-6,12H2,1-3H3,(H,25,27)(H,26,28). The molecule has 2 amide bonds. The van der Waals surface area contributed by atoms with Gasteiger partial charge in [0.1, 0.15) is 17.4 Å². The van der Waals surface area contributed by atoms with Crippen molar-refractivity contribution in [1.29, 1.82) is 0 Å². The predicted octanol–water partition coefficient (Wildman–Crippen LogP) is 3.69. The minimum atomic E-state index is -0.741. The van der Waals surface area contributed by atoms with Crippen molar-refractivity contribution in [3.63, 3.8) is 0 Å². The van der Waals surface area contributed by atoms with Crippen molar-refractivity contribution in [1.82, 2.24) is 0 Å². The summed E-state index contributed by atoms with van der Waals surface area (Å²) in [6, 6.07) is 8.37. The topological polar surface area (TPSA) is 112 Å². The summed E-state index contributed by atoms with van der Waals surface area (Å²) in [5, 5.41) is 5.67. The maximum Gasteiger partial charge on any atom is 0.343 e. The van der Waals surface area contributed by atoms with Crippen LogP contribution in [0.25, 0.3) is 0 Å². The van der Waals surface area contributed by atoms with Crippen molar-refractivity contribution in [2.24, 2.45) is 5.92 Å². The first-order valence-electron chi connectivity index (χ1n) is 10.7. The number of rotatable bonds is 8. The minimum Gasteiger partial charge on any atom is -0.494 e. The van der Waals surface area contributed by atoms with E-state index in [2.05, 4.69) is 10.6 Å². The number of nitrogens with one attached hydrogen (secondary N) is 2. The van der Waals surface area contributed by atoms with Gasteiger partial charge < -0.3 is 29.6 Å². The zero-order chi connectivity index (χ0) is 23.5. The molecule has 0 saturated heterocycles. The van der Waals surface area contributed by atoms with Crippen LogP contribution in [0.1, 0.15) is 47.7 Å². The van der Waals surface area contributed by atoms with Crippen LogP contribution in [-0.4, -0.2) is 39.1 Å². The number of hydrogen-bond acceptors (Lipinski definition) is 7. The number of hydrogen-bond donors (Lipinski definition) is 2. The van der Waals surface area contributed by atoms with Crippen molar-refractivity contribution in [2.75, 3.05) is 32.0 Å². The van der Waals surface area contributed by atoms with E-state index in [4.69, 9.17) is 18.9 Å². The molecule has 1 atom stereocenters. The second-order valence-corrected chi connectivity index (χ2v) is 7.94. The van der Waals surface area contributed by atoms with Crippen molar-refractivity contribution < 1.29 is 33.3 Å². The summed E-state index contributed by atoms with van der Waals surface area (Å²) in [4.78, 5) is 37.3. The van der Waals surface area contributed by atoms with E-state index in [-0.39, 0.29) is 35.5 Å². The quantitative estimate of drug-likeness (QED) is 0.585. The molecular weight excluding hydrogens is 428 g/mol. The summed E-state index contributed by atoms with van der Waals surface area (Å²) in [6.45, 7) is 0. The molecule has 1 saturated carbocycles. The summed E-state index contributed by atoms with van der Waals surface area (Å²) in [5.74, 6) is 0.252. The first kappa shape index (κ1) is 22.4. The monoisotopic (exact) mass is 454 g/mol. The Kier molecular flexibility index (Phi) is 6.39. The summed E-state index contributed by atoms with van der Waals surface area (Å²) in [6.07, 6.45) is 2.05. The highest BCUT2D eigenvalue weighted by atomic mass is 16.6. The van der Waals surface area contributed by atoms with E-state index in [0.717, 1.165) is 19.3 Å². The van der Waals surface area contributed by atoms with Crippen LogP contribution in [0, 0.1) is 5.92 Å². The van der Waals surface area contributed by atoms with Crippen LogP contribution in [0.2, 0.25) is 0 Å². The molecule has 0 spiro atoms. The molecule has 0 aromatic heterocycles. The Morgan fingerprint density at radius 3 is 2.39 bits per heavy atom. The highest BCUT2D eigenvalue weighted by Crippen LogP contribution is 2.43. The number of anilines is 2. The fraction of sp³-hybridized carbons (Fsp3) is 0.375. The van der Waals surface area contributed by atoms with E-state index < -0.39 is 12.1 Å². The molecule has 4 rings (SSSR count). The van der Waals surface area contributed by atoms with Gasteiger partial charge in [-0.1, -0.05) is 12.5 Å². The Balaban J connectivity index is 1.44. The van der Waals surface area contributed by atoms with E-state index in [1.165, 1.54) is 21.3 Å². The number of methoxy groups -OCH3 is 3. The lowest BCUT2D eigenvalue weighted by molar-refractivity contribution is -0.122. The summed E-state index contributed by atoms with van der Waals surface area (Å²) in [5.41, 5.74) is 1.88. The summed E-state index contributed by atoms with van der Waals surface area (Å²) in [7, 11) is 4.42. The lowest BCUT2D eigenvalue weighted by Gasteiger charge is -2.24. The largest absolute Gasteiger partial charge is 0.494 e. The molecule has 0 radical (unpaired) electrons. The second-order valence-electron chi connectivity index (χ2n) is 7.94. The maximum absolute atomic E-state index is 12.7. The molecule has 1 unspecified atom stereocenters. The van der Waals surface area contributed by atoms with Crippen molar-refractivity contribution in [3.8, 4) is 17.2 Å². The van der Waals surface area contributed by atoms with Gasteiger partial charge >= 0.3 is 5.97 Å². The highest BCUT2D eigenvalue weighted by molar-refractivity contribution is 6.00. The maximum atomic E-state index is 12.7. The number of ether oxygens (including phenoxy) is 4. The van der Waals surface area contributed by atoms with E-state index in [0.29, 0.717) is 28.4 Å². The van der Waals surface area contributed by atoms with Crippen LogP contribution in [0.3, 0.4) is 0 Å². The fourth-order valence-corrected chi connectivity index (χ4v) is 3.98. The number of benzene rings is 2. The lowest BCUT2D eigenvalue weighted by Crippen LogP contribution is -2.28.